The van der Waals surface area contributed by atoms with Gasteiger partial charge in [-0.15, -0.1) is 0 Å². The fraction of sp³-hybridized carbons (Fsp3) is 0.286. The lowest BCUT2D eigenvalue weighted by Crippen LogP contribution is -2.15. The van der Waals surface area contributed by atoms with Gasteiger partial charge in [0.15, 0.2) is 0 Å². The number of anilines is 1. The summed E-state index contributed by atoms with van der Waals surface area (Å²) in [5.74, 6) is 0.442. The van der Waals surface area contributed by atoms with Crippen LogP contribution in [0.1, 0.15) is 31.0 Å². The molecule has 0 aliphatic heterocycles. The first-order valence-electron chi connectivity index (χ1n) is 6.31. The van der Waals surface area contributed by atoms with Gasteiger partial charge in [-0.1, -0.05) is 26.0 Å². The number of nitrogens with one attached hydrogen (secondary N) is 1. The van der Waals surface area contributed by atoms with Crippen LogP contribution < -0.4 is 4.72 Å². The maximum absolute atomic E-state index is 12.2. The molecule has 0 aliphatic rings. The Morgan fingerprint density at radius 1 is 1.10 bits per heavy atom. The van der Waals surface area contributed by atoms with Gasteiger partial charge >= 0.3 is 0 Å². The van der Waals surface area contributed by atoms with Gasteiger partial charge in [-0.25, -0.2) is 23.1 Å². The predicted octanol–water partition coefficient (Wildman–Crippen LogP) is 2.71. The van der Waals surface area contributed by atoms with Gasteiger partial charge < -0.3 is 0 Å². The SMILES string of the molecule is Cc1ccnc(NS(=O)(=O)c2ccc(C(C)C)cc2)n1. The van der Waals surface area contributed by atoms with Crippen LogP contribution in [0.5, 0.6) is 0 Å². The summed E-state index contributed by atoms with van der Waals surface area (Å²) in [4.78, 5) is 8.12. The summed E-state index contributed by atoms with van der Waals surface area (Å²) >= 11 is 0. The van der Waals surface area contributed by atoms with Crippen LogP contribution in [0.25, 0.3) is 0 Å². The minimum atomic E-state index is -3.65. The van der Waals surface area contributed by atoms with E-state index in [0.717, 1.165) is 5.56 Å². The molecule has 0 fully saturated rings. The Bertz CT molecular complexity index is 695. The van der Waals surface area contributed by atoms with Crippen molar-refractivity contribution in [3.8, 4) is 0 Å². The number of sulfonamides is 1. The average Bonchev–Trinajstić information content (AvgIpc) is 2.38. The van der Waals surface area contributed by atoms with Crippen LogP contribution in [0.15, 0.2) is 41.4 Å². The first-order valence-corrected chi connectivity index (χ1v) is 7.79. The fourth-order valence-electron chi connectivity index (χ4n) is 1.71. The van der Waals surface area contributed by atoms with E-state index in [4.69, 9.17) is 0 Å². The van der Waals surface area contributed by atoms with Crippen LogP contribution in [0.2, 0.25) is 0 Å². The van der Waals surface area contributed by atoms with Crippen LogP contribution in [0, 0.1) is 6.92 Å². The van der Waals surface area contributed by atoms with Crippen LogP contribution in [-0.4, -0.2) is 18.4 Å². The molecule has 1 heterocycles. The molecule has 20 heavy (non-hydrogen) atoms. The maximum Gasteiger partial charge on any atom is 0.264 e. The molecule has 6 heteroatoms. The third kappa shape index (κ3) is 3.33. The van der Waals surface area contributed by atoms with Crippen LogP contribution in [0.4, 0.5) is 5.95 Å². The summed E-state index contributed by atoms with van der Waals surface area (Å²) in [6.07, 6.45) is 1.52. The highest BCUT2D eigenvalue weighted by Crippen LogP contribution is 2.18. The fourth-order valence-corrected chi connectivity index (χ4v) is 2.66. The summed E-state index contributed by atoms with van der Waals surface area (Å²) in [5.41, 5.74) is 1.80. The van der Waals surface area contributed by atoms with E-state index in [1.54, 1.807) is 25.1 Å². The quantitative estimate of drug-likeness (QED) is 0.940. The second-order valence-electron chi connectivity index (χ2n) is 4.85. The van der Waals surface area contributed by atoms with E-state index >= 15 is 0 Å². The van der Waals surface area contributed by atoms with Gasteiger partial charge in [0.2, 0.25) is 5.95 Å². The standard InChI is InChI=1S/C14H17N3O2S/c1-10(2)12-4-6-13(7-5-12)20(18,19)17-14-15-9-8-11(3)16-14/h4-10H,1-3H3,(H,15,16,17). The minimum absolute atomic E-state index is 0.0814. The molecule has 0 atom stereocenters. The summed E-state index contributed by atoms with van der Waals surface area (Å²) in [6, 6.07) is 8.52. The summed E-state index contributed by atoms with van der Waals surface area (Å²) in [7, 11) is -3.65. The summed E-state index contributed by atoms with van der Waals surface area (Å²) in [5, 5.41) is 0. The maximum atomic E-state index is 12.2. The molecule has 0 unspecified atom stereocenters. The normalized spacial score (nSPS) is 11.6. The molecule has 2 aromatic rings. The van der Waals surface area contributed by atoms with E-state index in [2.05, 4.69) is 28.5 Å². The Kier molecular flexibility index (Phi) is 4.04. The Morgan fingerprint density at radius 2 is 1.75 bits per heavy atom. The molecule has 0 radical (unpaired) electrons. The number of benzene rings is 1. The monoisotopic (exact) mass is 291 g/mol. The lowest BCUT2D eigenvalue weighted by molar-refractivity contribution is 0.600. The highest BCUT2D eigenvalue weighted by Gasteiger charge is 2.15. The molecule has 0 spiro atoms. The molecule has 0 bridgehead atoms. The van der Waals surface area contributed by atoms with E-state index in [-0.39, 0.29) is 10.8 Å². The molecule has 0 amide bonds. The molecule has 2 rings (SSSR count). The van der Waals surface area contributed by atoms with E-state index in [1.807, 2.05) is 12.1 Å². The third-order valence-corrected chi connectivity index (χ3v) is 4.22. The van der Waals surface area contributed by atoms with Crippen molar-refractivity contribution in [3.63, 3.8) is 0 Å². The van der Waals surface area contributed by atoms with Crippen molar-refractivity contribution in [1.29, 1.82) is 0 Å². The van der Waals surface area contributed by atoms with E-state index < -0.39 is 10.0 Å². The van der Waals surface area contributed by atoms with Crippen molar-refractivity contribution in [1.82, 2.24) is 9.97 Å². The van der Waals surface area contributed by atoms with E-state index in [1.165, 1.54) is 6.20 Å². The lowest BCUT2D eigenvalue weighted by atomic mass is 10.0. The highest BCUT2D eigenvalue weighted by atomic mass is 32.2. The Labute approximate surface area is 119 Å². The van der Waals surface area contributed by atoms with Gasteiger partial charge in [0.25, 0.3) is 10.0 Å². The molecular formula is C14H17N3O2S. The number of rotatable bonds is 4. The van der Waals surface area contributed by atoms with Crippen molar-refractivity contribution in [2.24, 2.45) is 0 Å². The summed E-state index contributed by atoms with van der Waals surface area (Å²) in [6.45, 7) is 5.89. The molecule has 5 nitrogen and oxygen atoms in total. The van der Waals surface area contributed by atoms with Gasteiger partial charge in [-0.05, 0) is 36.6 Å². The molecule has 0 saturated carbocycles. The molecule has 0 aliphatic carbocycles. The number of hydrogen-bond donors (Lipinski definition) is 1. The highest BCUT2D eigenvalue weighted by molar-refractivity contribution is 7.92. The molecule has 1 aromatic carbocycles. The van der Waals surface area contributed by atoms with Crippen molar-refractivity contribution in [2.45, 2.75) is 31.6 Å². The zero-order valence-corrected chi connectivity index (χ0v) is 12.5. The van der Waals surface area contributed by atoms with Crippen molar-refractivity contribution >= 4 is 16.0 Å². The van der Waals surface area contributed by atoms with Crippen LogP contribution in [-0.2, 0) is 10.0 Å². The first kappa shape index (κ1) is 14.5. The van der Waals surface area contributed by atoms with E-state index in [0.29, 0.717) is 11.6 Å². The molecular weight excluding hydrogens is 274 g/mol. The second-order valence-corrected chi connectivity index (χ2v) is 6.53. The number of hydrogen-bond acceptors (Lipinski definition) is 4. The Morgan fingerprint density at radius 3 is 2.30 bits per heavy atom. The number of aromatic nitrogens is 2. The Balaban J connectivity index is 2.26. The average molecular weight is 291 g/mol. The predicted molar refractivity (Wildman–Crippen MR) is 78.1 cm³/mol. The molecule has 106 valence electrons. The van der Waals surface area contributed by atoms with Gasteiger partial charge in [-0.2, -0.15) is 0 Å². The Hall–Kier alpha value is -1.95. The van der Waals surface area contributed by atoms with Crippen molar-refractivity contribution in [2.75, 3.05) is 4.72 Å². The first-order chi connectivity index (χ1) is 9.38. The topological polar surface area (TPSA) is 72.0 Å². The number of aryl methyl sites for hydroxylation is 1. The summed E-state index contributed by atoms with van der Waals surface area (Å²) < 4.78 is 26.8. The van der Waals surface area contributed by atoms with Gasteiger partial charge in [0.05, 0.1) is 4.90 Å². The van der Waals surface area contributed by atoms with Crippen molar-refractivity contribution in [3.05, 3.63) is 47.8 Å². The van der Waals surface area contributed by atoms with E-state index in [9.17, 15) is 8.42 Å². The minimum Gasteiger partial charge on any atom is -0.247 e. The molecule has 1 aromatic heterocycles. The van der Waals surface area contributed by atoms with Gasteiger partial charge in [0, 0.05) is 11.9 Å². The number of nitrogens with zero attached hydrogens (tertiary/aromatic N) is 2. The molecule has 0 saturated heterocycles. The lowest BCUT2D eigenvalue weighted by Gasteiger charge is -2.09. The van der Waals surface area contributed by atoms with Crippen LogP contribution in [0.3, 0.4) is 0 Å². The van der Waals surface area contributed by atoms with Gasteiger partial charge in [0.1, 0.15) is 0 Å². The van der Waals surface area contributed by atoms with Gasteiger partial charge in [-0.3, -0.25) is 0 Å². The zero-order chi connectivity index (χ0) is 14.8. The van der Waals surface area contributed by atoms with Crippen molar-refractivity contribution < 1.29 is 8.42 Å². The third-order valence-electron chi connectivity index (χ3n) is 2.88. The zero-order valence-electron chi connectivity index (χ0n) is 11.7. The second kappa shape index (κ2) is 5.58. The largest absolute Gasteiger partial charge is 0.264 e. The van der Waals surface area contributed by atoms with Crippen LogP contribution >= 0.6 is 0 Å². The molecule has 1 N–H and O–H groups in total. The smallest absolute Gasteiger partial charge is 0.247 e.